The van der Waals surface area contributed by atoms with E-state index in [-0.39, 0.29) is 5.52 Å². The minimum atomic E-state index is -4.43. The molecule has 3 nitrogen and oxygen atoms in total. The van der Waals surface area contributed by atoms with Gasteiger partial charge in [0.25, 0.3) is 0 Å². The SMILES string of the molecule is O[C@]1(c2ccc(Cl)cc2)CSc2nc3cc(C(F)(F)F)ccc3n21. The molecule has 0 amide bonds. The van der Waals surface area contributed by atoms with Crippen molar-refractivity contribution in [2.45, 2.75) is 17.1 Å². The first-order valence-electron chi connectivity index (χ1n) is 7.00. The number of nitrogens with zero attached hydrogens (tertiary/aromatic N) is 2. The van der Waals surface area contributed by atoms with E-state index in [1.807, 2.05) is 0 Å². The Balaban J connectivity index is 1.89. The number of alkyl halides is 3. The van der Waals surface area contributed by atoms with Crippen LogP contribution in [0, 0.1) is 0 Å². The minimum Gasteiger partial charge on any atom is -0.366 e. The molecule has 0 aliphatic carbocycles. The van der Waals surface area contributed by atoms with Gasteiger partial charge in [-0.1, -0.05) is 35.5 Å². The molecule has 0 fully saturated rings. The Morgan fingerprint density at radius 3 is 2.54 bits per heavy atom. The molecule has 1 N–H and O–H groups in total. The Labute approximate surface area is 144 Å². The first-order chi connectivity index (χ1) is 11.3. The van der Waals surface area contributed by atoms with Crippen molar-refractivity contribution in [2.75, 3.05) is 5.75 Å². The smallest absolute Gasteiger partial charge is 0.366 e. The summed E-state index contributed by atoms with van der Waals surface area (Å²) in [7, 11) is 0. The molecule has 2 heterocycles. The number of fused-ring (bicyclic) bond motifs is 3. The van der Waals surface area contributed by atoms with Crippen molar-refractivity contribution >= 4 is 34.4 Å². The number of thioether (sulfide) groups is 1. The molecule has 1 aliphatic heterocycles. The lowest BCUT2D eigenvalue weighted by atomic mass is 10.0. The lowest BCUT2D eigenvalue weighted by molar-refractivity contribution is -0.137. The first kappa shape index (κ1) is 15.8. The Kier molecular flexibility index (Phi) is 3.39. The minimum absolute atomic E-state index is 0.208. The monoisotopic (exact) mass is 370 g/mol. The second-order valence-electron chi connectivity index (χ2n) is 5.54. The zero-order valence-corrected chi connectivity index (χ0v) is 13.6. The topological polar surface area (TPSA) is 38.1 Å². The van der Waals surface area contributed by atoms with Crippen LogP contribution in [-0.2, 0) is 11.9 Å². The van der Waals surface area contributed by atoms with Crippen molar-refractivity contribution in [1.82, 2.24) is 9.55 Å². The normalized spacial score (nSPS) is 20.5. The van der Waals surface area contributed by atoms with Crippen LogP contribution < -0.4 is 0 Å². The number of hydrogen-bond donors (Lipinski definition) is 1. The van der Waals surface area contributed by atoms with Crippen LogP contribution in [0.3, 0.4) is 0 Å². The summed E-state index contributed by atoms with van der Waals surface area (Å²) in [4.78, 5) is 4.25. The zero-order chi connectivity index (χ0) is 17.1. The zero-order valence-electron chi connectivity index (χ0n) is 12.0. The van der Waals surface area contributed by atoms with Crippen LogP contribution in [0.5, 0.6) is 0 Å². The summed E-state index contributed by atoms with van der Waals surface area (Å²) in [5.74, 6) is 0.327. The van der Waals surface area contributed by atoms with Gasteiger partial charge in [-0.15, -0.1) is 0 Å². The van der Waals surface area contributed by atoms with E-state index in [2.05, 4.69) is 4.98 Å². The van der Waals surface area contributed by atoms with Crippen molar-refractivity contribution in [3.8, 4) is 0 Å². The van der Waals surface area contributed by atoms with E-state index in [1.165, 1.54) is 17.8 Å². The lowest BCUT2D eigenvalue weighted by Crippen LogP contribution is -2.33. The fourth-order valence-corrected chi connectivity index (χ4v) is 4.14. The van der Waals surface area contributed by atoms with Crippen LogP contribution in [0.15, 0.2) is 47.6 Å². The van der Waals surface area contributed by atoms with Crippen LogP contribution in [-0.4, -0.2) is 20.4 Å². The Bertz CT molecular complexity index is 939. The molecule has 4 rings (SSSR count). The molecule has 0 radical (unpaired) electrons. The summed E-state index contributed by atoms with van der Waals surface area (Å²) in [5.41, 5.74) is -0.858. The van der Waals surface area contributed by atoms with E-state index in [1.54, 1.807) is 28.8 Å². The van der Waals surface area contributed by atoms with E-state index < -0.39 is 17.5 Å². The molecule has 0 unspecified atom stereocenters. The van der Waals surface area contributed by atoms with E-state index in [0.29, 0.717) is 27.0 Å². The molecule has 24 heavy (non-hydrogen) atoms. The number of imidazole rings is 1. The second-order valence-corrected chi connectivity index (χ2v) is 6.92. The molecule has 1 aromatic heterocycles. The quantitative estimate of drug-likeness (QED) is 0.685. The molecule has 3 aromatic rings. The van der Waals surface area contributed by atoms with Gasteiger partial charge in [-0.2, -0.15) is 13.2 Å². The lowest BCUT2D eigenvalue weighted by Gasteiger charge is -2.25. The predicted molar refractivity (Wildman–Crippen MR) is 86.2 cm³/mol. The van der Waals surface area contributed by atoms with Crippen molar-refractivity contribution in [3.63, 3.8) is 0 Å². The Hall–Kier alpha value is -1.70. The standard InChI is InChI=1S/C16H10ClF3N2OS/c17-11-4-1-9(2-5-11)15(23)8-24-14-21-12-7-10(16(18,19)20)3-6-13(12)22(14)15/h1-7,23H,8H2/t15-/m0/s1. The number of benzene rings is 2. The molecule has 0 saturated carbocycles. The third-order valence-electron chi connectivity index (χ3n) is 4.03. The van der Waals surface area contributed by atoms with Gasteiger partial charge in [0.05, 0.1) is 22.3 Å². The molecule has 0 saturated heterocycles. The number of halogens is 4. The third kappa shape index (κ3) is 2.30. The molecule has 8 heteroatoms. The van der Waals surface area contributed by atoms with Gasteiger partial charge in [0, 0.05) is 10.6 Å². The van der Waals surface area contributed by atoms with Crippen molar-refractivity contribution in [1.29, 1.82) is 0 Å². The maximum atomic E-state index is 12.9. The van der Waals surface area contributed by atoms with Gasteiger partial charge in [-0.3, -0.25) is 4.57 Å². The highest BCUT2D eigenvalue weighted by molar-refractivity contribution is 7.99. The van der Waals surface area contributed by atoms with Crippen LogP contribution >= 0.6 is 23.4 Å². The highest BCUT2D eigenvalue weighted by Gasteiger charge is 2.41. The molecular weight excluding hydrogens is 361 g/mol. The second kappa shape index (κ2) is 5.15. The van der Waals surface area contributed by atoms with E-state index in [4.69, 9.17) is 11.6 Å². The van der Waals surface area contributed by atoms with E-state index >= 15 is 0 Å². The van der Waals surface area contributed by atoms with Gasteiger partial charge in [-0.05, 0) is 30.3 Å². The van der Waals surface area contributed by atoms with Crippen molar-refractivity contribution < 1.29 is 18.3 Å². The Morgan fingerprint density at radius 1 is 1.17 bits per heavy atom. The van der Waals surface area contributed by atoms with Crippen LogP contribution in [0.25, 0.3) is 11.0 Å². The predicted octanol–water partition coefficient (Wildman–Crippen LogP) is 4.51. The van der Waals surface area contributed by atoms with Gasteiger partial charge in [0.15, 0.2) is 10.9 Å². The first-order valence-corrected chi connectivity index (χ1v) is 8.37. The number of hydrogen-bond acceptors (Lipinski definition) is 3. The third-order valence-corrected chi connectivity index (χ3v) is 5.36. The summed E-state index contributed by atoms with van der Waals surface area (Å²) < 4.78 is 40.2. The average Bonchev–Trinajstić information content (AvgIpc) is 3.05. The molecule has 0 bridgehead atoms. The fraction of sp³-hybridized carbons (Fsp3) is 0.188. The summed E-state index contributed by atoms with van der Waals surface area (Å²) >= 11 is 7.19. The molecule has 124 valence electrons. The average molecular weight is 371 g/mol. The van der Waals surface area contributed by atoms with Gasteiger partial charge >= 0.3 is 6.18 Å². The van der Waals surface area contributed by atoms with Gasteiger partial charge in [-0.25, -0.2) is 4.98 Å². The van der Waals surface area contributed by atoms with Crippen molar-refractivity contribution in [3.05, 3.63) is 58.6 Å². The molecular formula is C16H10ClF3N2OS. The molecule has 0 spiro atoms. The summed E-state index contributed by atoms with van der Waals surface area (Å²) in [6.07, 6.45) is -4.43. The maximum Gasteiger partial charge on any atom is 0.416 e. The molecule has 1 atom stereocenters. The highest BCUT2D eigenvalue weighted by Crippen LogP contribution is 2.44. The largest absolute Gasteiger partial charge is 0.416 e. The number of aromatic nitrogens is 2. The van der Waals surface area contributed by atoms with Crippen molar-refractivity contribution in [2.24, 2.45) is 0 Å². The van der Waals surface area contributed by atoms with E-state index in [9.17, 15) is 18.3 Å². The van der Waals surface area contributed by atoms with E-state index in [0.717, 1.165) is 12.1 Å². The van der Waals surface area contributed by atoms with Crippen LogP contribution in [0.2, 0.25) is 5.02 Å². The van der Waals surface area contributed by atoms with Crippen LogP contribution in [0.1, 0.15) is 11.1 Å². The van der Waals surface area contributed by atoms with Gasteiger partial charge in [0.1, 0.15) is 0 Å². The van der Waals surface area contributed by atoms with Crippen LogP contribution in [0.4, 0.5) is 13.2 Å². The van der Waals surface area contributed by atoms with Gasteiger partial charge < -0.3 is 5.11 Å². The maximum absolute atomic E-state index is 12.9. The summed E-state index contributed by atoms with van der Waals surface area (Å²) in [5, 5.41) is 12.2. The number of aliphatic hydroxyl groups is 1. The molecule has 1 aliphatic rings. The highest BCUT2D eigenvalue weighted by atomic mass is 35.5. The fourth-order valence-electron chi connectivity index (χ4n) is 2.85. The number of rotatable bonds is 1. The van der Waals surface area contributed by atoms with Gasteiger partial charge in [0.2, 0.25) is 0 Å². The summed E-state index contributed by atoms with van der Waals surface area (Å²) in [6, 6.07) is 10.1. The summed E-state index contributed by atoms with van der Waals surface area (Å²) in [6.45, 7) is 0. The molecule has 2 aromatic carbocycles. The Morgan fingerprint density at radius 2 is 1.88 bits per heavy atom.